The van der Waals surface area contributed by atoms with Crippen LogP contribution in [0, 0.1) is 0 Å². The topological polar surface area (TPSA) is 113 Å². The summed E-state index contributed by atoms with van der Waals surface area (Å²) in [6.45, 7) is 0. The average Bonchev–Trinajstić information content (AvgIpc) is 3.12. The molecule has 0 aromatic heterocycles. The van der Waals surface area contributed by atoms with Gasteiger partial charge < -0.3 is 15.7 Å². The number of piperazine rings is 1. The SMILES string of the molecule is O=C1C2=C(C(=O)c3ccccc31)[C@@]1(CS2)NC(=O)[C@H](Cc2ccc(O)cc2)NC1=O. The van der Waals surface area contributed by atoms with E-state index in [1.165, 1.54) is 12.1 Å². The molecule has 3 N–H and O–H groups in total. The zero-order chi connectivity index (χ0) is 21.0. The molecule has 2 aliphatic heterocycles. The van der Waals surface area contributed by atoms with Crippen LogP contribution in [0.1, 0.15) is 26.3 Å². The first-order valence-electron chi connectivity index (χ1n) is 9.37. The number of hydrogen-bond donors (Lipinski definition) is 3. The molecular formula is C22H16N2O5S. The van der Waals surface area contributed by atoms with Gasteiger partial charge in [0.05, 0.1) is 10.5 Å². The molecule has 2 aromatic carbocycles. The molecule has 1 fully saturated rings. The lowest BCUT2D eigenvalue weighted by Crippen LogP contribution is -2.71. The van der Waals surface area contributed by atoms with Crippen molar-refractivity contribution in [1.29, 1.82) is 0 Å². The normalized spacial score (nSPS) is 25.1. The minimum Gasteiger partial charge on any atom is -0.508 e. The van der Waals surface area contributed by atoms with Crippen LogP contribution in [0.25, 0.3) is 0 Å². The molecule has 0 saturated carbocycles. The minimum absolute atomic E-state index is 0.0603. The Morgan fingerprint density at radius 3 is 2.33 bits per heavy atom. The lowest BCUT2D eigenvalue weighted by atomic mass is 9.78. The summed E-state index contributed by atoms with van der Waals surface area (Å²) in [5.74, 6) is -1.42. The second-order valence-corrected chi connectivity index (χ2v) is 8.47. The monoisotopic (exact) mass is 420 g/mol. The van der Waals surface area contributed by atoms with Crippen LogP contribution in [0.3, 0.4) is 0 Å². The zero-order valence-corrected chi connectivity index (χ0v) is 16.4. The number of phenolic OH excluding ortho intramolecular Hbond substituents is 1. The van der Waals surface area contributed by atoms with Crippen molar-refractivity contribution in [2.45, 2.75) is 18.0 Å². The molecule has 2 aromatic rings. The number of ketones is 2. The molecule has 1 saturated heterocycles. The molecule has 3 aliphatic rings. The van der Waals surface area contributed by atoms with E-state index in [4.69, 9.17) is 0 Å². The van der Waals surface area contributed by atoms with Gasteiger partial charge >= 0.3 is 0 Å². The van der Waals surface area contributed by atoms with Crippen LogP contribution in [0.15, 0.2) is 59.0 Å². The maximum Gasteiger partial charge on any atom is 0.252 e. The molecule has 0 unspecified atom stereocenters. The minimum atomic E-state index is -1.55. The lowest BCUT2D eigenvalue weighted by molar-refractivity contribution is -0.139. The van der Waals surface area contributed by atoms with Crippen molar-refractivity contribution >= 4 is 35.1 Å². The van der Waals surface area contributed by atoms with Gasteiger partial charge in [0.15, 0.2) is 11.3 Å². The smallest absolute Gasteiger partial charge is 0.252 e. The van der Waals surface area contributed by atoms with E-state index >= 15 is 0 Å². The first-order chi connectivity index (χ1) is 14.4. The fraction of sp³-hybridized carbons (Fsp3) is 0.182. The van der Waals surface area contributed by atoms with E-state index < -0.39 is 29.2 Å². The van der Waals surface area contributed by atoms with Crippen LogP contribution in [0.4, 0.5) is 0 Å². The molecule has 2 heterocycles. The molecule has 1 spiro atoms. The van der Waals surface area contributed by atoms with Crippen molar-refractivity contribution < 1.29 is 24.3 Å². The summed E-state index contributed by atoms with van der Waals surface area (Å²) in [6.07, 6.45) is 0.239. The maximum absolute atomic E-state index is 13.2. The predicted molar refractivity (Wildman–Crippen MR) is 109 cm³/mol. The number of carbonyl (C=O) groups is 4. The van der Waals surface area contributed by atoms with Crippen molar-refractivity contribution in [2.24, 2.45) is 0 Å². The number of carbonyl (C=O) groups excluding carboxylic acids is 4. The number of fused-ring (bicyclic) bond motifs is 2. The third-order valence-electron chi connectivity index (χ3n) is 5.66. The van der Waals surface area contributed by atoms with Crippen LogP contribution < -0.4 is 10.6 Å². The molecule has 0 bridgehead atoms. The van der Waals surface area contributed by atoms with Crippen molar-refractivity contribution in [3.63, 3.8) is 0 Å². The number of nitrogens with one attached hydrogen (secondary N) is 2. The van der Waals surface area contributed by atoms with Gasteiger partial charge in [-0.25, -0.2) is 0 Å². The Morgan fingerprint density at radius 2 is 1.63 bits per heavy atom. The third-order valence-corrected chi connectivity index (χ3v) is 6.91. The Morgan fingerprint density at radius 1 is 0.967 bits per heavy atom. The Hall–Kier alpha value is -3.39. The van der Waals surface area contributed by atoms with Crippen LogP contribution in [-0.2, 0) is 16.0 Å². The van der Waals surface area contributed by atoms with Gasteiger partial charge in [0, 0.05) is 23.3 Å². The summed E-state index contributed by atoms with van der Waals surface area (Å²) in [7, 11) is 0. The number of hydrogen-bond acceptors (Lipinski definition) is 6. The number of aromatic hydroxyl groups is 1. The Kier molecular flexibility index (Phi) is 4.08. The molecule has 0 radical (unpaired) electrons. The van der Waals surface area contributed by atoms with Crippen LogP contribution in [0.2, 0.25) is 0 Å². The van der Waals surface area contributed by atoms with Gasteiger partial charge in [-0.05, 0) is 17.7 Å². The average molecular weight is 420 g/mol. The number of thioether (sulfide) groups is 1. The summed E-state index contributed by atoms with van der Waals surface area (Å²) in [5, 5.41) is 14.9. The van der Waals surface area contributed by atoms with Crippen molar-refractivity contribution in [2.75, 3.05) is 5.75 Å². The van der Waals surface area contributed by atoms with E-state index in [1.807, 2.05) is 0 Å². The number of phenols is 1. The molecule has 30 heavy (non-hydrogen) atoms. The highest BCUT2D eigenvalue weighted by Gasteiger charge is 2.58. The first-order valence-corrected chi connectivity index (χ1v) is 10.4. The van der Waals surface area contributed by atoms with Crippen molar-refractivity contribution in [3.8, 4) is 5.75 Å². The van der Waals surface area contributed by atoms with E-state index in [2.05, 4.69) is 10.6 Å². The molecule has 8 heteroatoms. The van der Waals surface area contributed by atoms with Gasteiger partial charge in [0.2, 0.25) is 11.7 Å². The van der Waals surface area contributed by atoms with Gasteiger partial charge in [-0.3, -0.25) is 19.2 Å². The summed E-state index contributed by atoms with van der Waals surface area (Å²) >= 11 is 1.13. The highest BCUT2D eigenvalue weighted by atomic mass is 32.2. The fourth-order valence-corrected chi connectivity index (χ4v) is 5.48. The summed E-state index contributed by atoms with van der Waals surface area (Å²) < 4.78 is 0. The highest BCUT2D eigenvalue weighted by molar-refractivity contribution is 8.04. The van der Waals surface area contributed by atoms with E-state index in [1.54, 1.807) is 36.4 Å². The van der Waals surface area contributed by atoms with Gasteiger partial charge in [0.1, 0.15) is 11.8 Å². The van der Waals surface area contributed by atoms with Crippen LogP contribution in [-0.4, -0.2) is 45.8 Å². The Labute approximate surface area is 175 Å². The van der Waals surface area contributed by atoms with E-state index in [9.17, 15) is 24.3 Å². The van der Waals surface area contributed by atoms with Gasteiger partial charge in [-0.1, -0.05) is 36.4 Å². The predicted octanol–water partition coefficient (Wildman–Crippen LogP) is 1.37. The number of rotatable bonds is 2. The lowest BCUT2D eigenvalue weighted by Gasteiger charge is -2.38. The maximum atomic E-state index is 13.2. The fourth-order valence-electron chi connectivity index (χ4n) is 4.12. The van der Waals surface area contributed by atoms with Crippen LogP contribution in [0.5, 0.6) is 5.75 Å². The summed E-state index contributed by atoms with van der Waals surface area (Å²) in [4.78, 5) is 52.4. The van der Waals surface area contributed by atoms with Gasteiger partial charge in [-0.2, -0.15) is 0 Å². The number of Topliss-reactive ketones (excluding diaryl/α,β-unsaturated/α-hetero) is 2. The molecular weight excluding hydrogens is 404 g/mol. The van der Waals surface area contributed by atoms with Crippen LogP contribution >= 0.6 is 11.8 Å². The molecule has 5 rings (SSSR count). The van der Waals surface area contributed by atoms with E-state index in [0.29, 0.717) is 5.56 Å². The molecule has 150 valence electrons. The second kappa shape index (κ2) is 6.56. The Balaban J connectivity index is 1.47. The van der Waals surface area contributed by atoms with E-state index in [0.717, 1.165) is 17.3 Å². The third kappa shape index (κ3) is 2.60. The van der Waals surface area contributed by atoms with Gasteiger partial charge in [0.25, 0.3) is 5.91 Å². The summed E-state index contributed by atoms with van der Waals surface area (Å²) in [6, 6.07) is 12.1. The Bertz CT molecular complexity index is 1170. The number of allylic oxidation sites excluding steroid dienone is 1. The summed E-state index contributed by atoms with van der Waals surface area (Å²) in [5.41, 5.74) is -0.161. The second-order valence-electron chi connectivity index (χ2n) is 7.49. The van der Waals surface area contributed by atoms with Gasteiger partial charge in [-0.15, -0.1) is 11.8 Å². The number of amides is 2. The highest BCUT2D eigenvalue weighted by Crippen LogP contribution is 2.46. The standard InChI is InChI=1S/C22H16N2O5S/c25-12-7-5-11(6-8-12)9-15-20(28)24-22(21(29)23-15)10-30-19-16(22)17(26)13-3-1-2-4-14(13)18(19)27/h1-8,15,25H,9-10H2,(H,23,29)(H,24,28)/t15-,22+/m0/s1. The first kappa shape index (κ1) is 18.6. The van der Waals surface area contributed by atoms with Crippen molar-refractivity contribution in [3.05, 3.63) is 75.7 Å². The molecule has 1 aliphatic carbocycles. The van der Waals surface area contributed by atoms with Crippen molar-refractivity contribution in [1.82, 2.24) is 10.6 Å². The quantitative estimate of drug-likeness (QED) is 0.677. The molecule has 7 nitrogen and oxygen atoms in total. The molecule has 2 atom stereocenters. The zero-order valence-electron chi connectivity index (χ0n) is 15.6. The number of benzene rings is 2. The van der Waals surface area contributed by atoms with E-state index in [-0.39, 0.29) is 39.7 Å². The molecule has 2 amide bonds. The largest absolute Gasteiger partial charge is 0.508 e.